The first-order chi connectivity index (χ1) is 10.7. The van der Waals surface area contributed by atoms with Gasteiger partial charge >= 0.3 is 0 Å². The molecule has 0 radical (unpaired) electrons. The largest absolute Gasteiger partial charge is 0.352 e. The first-order valence-electron chi connectivity index (χ1n) is 6.93. The lowest BCUT2D eigenvalue weighted by Crippen LogP contribution is -1.69. The summed E-state index contributed by atoms with van der Waals surface area (Å²) in [6.07, 6.45) is 0. The van der Waals surface area contributed by atoms with Crippen molar-refractivity contribution in [3.8, 4) is 0 Å². The normalized spacial score (nSPS) is 12.1. The molecule has 0 atom stereocenters. The molecule has 106 valence electrons. The molecule has 0 amide bonds. The molecule has 1 N–H and O–H groups in total. The van der Waals surface area contributed by atoms with E-state index in [1.807, 2.05) is 12.1 Å². The number of para-hydroxylation sites is 1. The third-order valence-corrected chi connectivity index (χ3v) is 6.53. The summed E-state index contributed by atoms with van der Waals surface area (Å²) in [5.74, 6) is 0. The van der Waals surface area contributed by atoms with Crippen LogP contribution in [-0.4, -0.2) is 4.98 Å². The Morgan fingerprint density at radius 2 is 1.45 bits per heavy atom. The van der Waals surface area contributed by atoms with Crippen LogP contribution < -0.4 is 0 Å². The highest BCUT2D eigenvalue weighted by atomic mass is 79.9. The summed E-state index contributed by atoms with van der Waals surface area (Å²) in [5, 5.41) is 5.82. The van der Waals surface area contributed by atoms with E-state index in [9.17, 15) is 0 Å². The molecular formula is C18H9BrClNS. The van der Waals surface area contributed by atoms with E-state index in [2.05, 4.69) is 57.3 Å². The van der Waals surface area contributed by atoms with Crippen LogP contribution in [0.4, 0.5) is 0 Å². The Labute approximate surface area is 143 Å². The zero-order valence-corrected chi connectivity index (χ0v) is 14.4. The number of hydrogen-bond acceptors (Lipinski definition) is 1. The Kier molecular flexibility index (Phi) is 2.63. The first kappa shape index (κ1) is 12.9. The minimum absolute atomic E-state index is 0.823. The minimum atomic E-state index is 0.823. The van der Waals surface area contributed by atoms with Crippen LogP contribution in [0.1, 0.15) is 0 Å². The number of H-pyrrole nitrogens is 1. The number of hydrogen-bond donors (Lipinski definition) is 1. The quantitative estimate of drug-likeness (QED) is 0.292. The Hall–Kier alpha value is -1.55. The van der Waals surface area contributed by atoms with Gasteiger partial charge in [0, 0.05) is 26.0 Å². The summed E-state index contributed by atoms with van der Waals surface area (Å²) < 4.78 is 3.52. The second-order valence-corrected chi connectivity index (χ2v) is 7.65. The summed E-state index contributed by atoms with van der Waals surface area (Å²) in [4.78, 5) is 3.59. The average molecular weight is 387 g/mol. The highest BCUT2D eigenvalue weighted by molar-refractivity contribution is 9.10. The standard InChI is InChI=1S/C18H9BrClNS/c19-13-5-1-3-9-10-7-8-12-11-4-2-6-14(20)17(11)22-18(12)16(10)21-15(9)13/h1-8,21H. The van der Waals surface area contributed by atoms with Crippen molar-refractivity contribution in [3.63, 3.8) is 0 Å². The molecule has 1 nitrogen and oxygen atoms in total. The SMILES string of the molecule is Clc1cccc2c1sc1c2ccc2c3cccc(Br)c3[nH]c21. The molecule has 0 spiro atoms. The third kappa shape index (κ3) is 1.59. The van der Waals surface area contributed by atoms with Gasteiger partial charge in [0.25, 0.3) is 0 Å². The van der Waals surface area contributed by atoms with Gasteiger partial charge in [0.1, 0.15) is 0 Å². The van der Waals surface area contributed by atoms with Gasteiger partial charge in [-0.15, -0.1) is 11.3 Å². The van der Waals surface area contributed by atoms with Gasteiger partial charge < -0.3 is 4.98 Å². The first-order valence-corrected chi connectivity index (χ1v) is 8.92. The summed E-state index contributed by atoms with van der Waals surface area (Å²) >= 11 is 11.8. The lowest BCUT2D eigenvalue weighted by Gasteiger charge is -1.94. The molecule has 0 aliphatic rings. The maximum absolute atomic E-state index is 6.38. The molecule has 5 rings (SSSR count). The lowest BCUT2D eigenvalue weighted by atomic mass is 10.1. The molecule has 0 aliphatic carbocycles. The summed E-state index contributed by atoms with van der Waals surface area (Å²) in [7, 11) is 0. The zero-order chi connectivity index (χ0) is 14.8. The molecular weight excluding hydrogens is 378 g/mol. The van der Waals surface area contributed by atoms with Gasteiger partial charge in [0.15, 0.2) is 0 Å². The number of aromatic nitrogens is 1. The Morgan fingerprint density at radius 3 is 2.36 bits per heavy atom. The Morgan fingerprint density at radius 1 is 0.773 bits per heavy atom. The van der Waals surface area contributed by atoms with Gasteiger partial charge in [0.05, 0.1) is 25.5 Å². The van der Waals surface area contributed by atoms with Crippen LogP contribution in [0.2, 0.25) is 5.02 Å². The van der Waals surface area contributed by atoms with E-state index in [0.717, 1.165) is 19.7 Å². The van der Waals surface area contributed by atoms with E-state index in [0.29, 0.717) is 0 Å². The second-order valence-electron chi connectivity index (χ2n) is 5.37. The molecule has 2 aromatic heterocycles. The van der Waals surface area contributed by atoms with E-state index < -0.39 is 0 Å². The minimum Gasteiger partial charge on any atom is -0.352 e. The molecule has 5 aromatic rings. The monoisotopic (exact) mass is 385 g/mol. The predicted molar refractivity (Wildman–Crippen MR) is 101 cm³/mol. The predicted octanol–water partition coefficient (Wildman–Crippen LogP) is 7.10. The van der Waals surface area contributed by atoms with Crippen LogP contribution in [0.15, 0.2) is 53.0 Å². The fraction of sp³-hybridized carbons (Fsp3) is 0. The second kappa shape index (κ2) is 4.48. The van der Waals surface area contributed by atoms with Crippen LogP contribution in [0.3, 0.4) is 0 Å². The van der Waals surface area contributed by atoms with Crippen LogP contribution in [0, 0.1) is 0 Å². The maximum atomic E-state index is 6.38. The molecule has 3 aromatic carbocycles. The number of nitrogens with one attached hydrogen (secondary N) is 1. The number of halogens is 2. The average Bonchev–Trinajstić information content (AvgIpc) is 3.07. The van der Waals surface area contributed by atoms with Crippen molar-refractivity contribution >= 4 is 80.8 Å². The Bertz CT molecular complexity index is 1110. The highest BCUT2D eigenvalue weighted by Crippen LogP contribution is 2.43. The van der Waals surface area contributed by atoms with Crippen LogP contribution in [0.5, 0.6) is 0 Å². The summed E-state index contributed by atoms with van der Waals surface area (Å²) in [6.45, 7) is 0. The van der Waals surface area contributed by atoms with Crippen molar-refractivity contribution in [2.24, 2.45) is 0 Å². The van der Waals surface area contributed by atoms with Crippen LogP contribution >= 0.6 is 38.9 Å². The van der Waals surface area contributed by atoms with Crippen molar-refractivity contribution in [1.29, 1.82) is 0 Å². The zero-order valence-electron chi connectivity index (χ0n) is 11.3. The molecule has 0 unspecified atom stereocenters. The molecule has 2 heterocycles. The van der Waals surface area contributed by atoms with Gasteiger partial charge in [-0.1, -0.05) is 48.0 Å². The fourth-order valence-electron chi connectivity index (χ4n) is 3.18. The van der Waals surface area contributed by atoms with E-state index in [4.69, 9.17) is 11.6 Å². The topological polar surface area (TPSA) is 15.8 Å². The Balaban J connectivity index is 2.08. The maximum Gasteiger partial charge on any atom is 0.0646 e. The number of rotatable bonds is 0. The van der Waals surface area contributed by atoms with Gasteiger partial charge in [-0.3, -0.25) is 0 Å². The fourth-order valence-corrected chi connectivity index (χ4v) is 5.14. The van der Waals surface area contributed by atoms with E-state index >= 15 is 0 Å². The van der Waals surface area contributed by atoms with Gasteiger partial charge in [0.2, 0.25) is 0 Å². The molecule has 0 fully saturated rings. The molecule has 22 heavy (non-hydrogen) atoms. The van der Waals surface area contributed by atoms with Crippen LogP contribution in [0.25, 0.3) is 42.0 Å². The summed E-state index contributed by atoms with van der Waals surface area (Å²) in [6, 6.07) is 16.8. The third-order valence-electron chi connectivity index (χ3n) is 4.17. The smallest absolute Gasteiger partial charge is 0.0646 e. The van der Waals surface area contributed by atoms with Crippen LogP contribution in [-0.2, 0) is 0 Å². The van der Waals surface area contributed by atoms with Crippen molar-refractivity contribution in [1.82, 2.24) is 4.98 Å². The molecule has 0 bridgehead atoms. The van der Waals surface area contributed by atoms with Gasteiger partial charge in [-0.25, -0.2) is 0 Å². The molecule has 0 saturated carbocycles. The van der Waals surface area contributed by atoms with Gasteiger partial charge in [-0.05, 0) is 28.1 Å². The number of thiophene rings is 1. The highest BCUT2D eigenvalue weighted by Gasteiger charge is 2.14. The van der Waals surface area contributed by atoms with E-state index in [1.54, 1.807) is 11.3 Å². The molecule has 4 heteroatoms. The summed E-state index contributed by atoms with van der Waals surface area (Å²) in [5.41, 5.74) is 2.34. The molecule has 0 aliphatic heterocycles. The van der Waals surface area contributed by atoms with E-state index in [-0.39, 0.29) is 0 Å². The number of benzene rings is 3. The number of aromatic amines is 1. The van der Waals surface area contributed by atoms with Crippen molar-refractivity contribution in [3.05, 3.63) is 58.0 Å². The number of fused-ring (bicyclic) bond motifs is 7. The van der Waals surface area contributed by atoms with Crippen molar-refractivity contribution in [2.75, 3.05) is 0 Å². The molecule has 0 saturated heterocycles. The lowest BCUT2D eigenvalue weighted by molar-refractivity contribution is 1.55. The van der Waals surface area contributed by atoms with Crippen molar-refractivity contribution in [2.45, 2.75) is 0 Å². The van der Waals surface area contributed by atoms with Gasteiger partial charge in [-0.2, -0.15) is 0 Å². The van der Waals surface area contributed by atoms with E-state index in [1.165, 1.54) is 31.8 Å². The van der Waals surface area contributed by atoms with Crippen molar-refractivity contribution < 1.29 is 0 Å².